The van der Waals surface area contributed by atoms with Gasteiger partial charge in [0.25, 0.3) is 0 Å². The molecule has 1 aromatic rings. The van der Waals surface area contributed by atoms with Gasteiger partial charge in [0.15, 0.2) is 0 Å². The van der Waals surface area contributed by atoms with Gasteiger partial charge in [0.1, 0.15) is 5.82 Å². The van der Waals surface area contributed by atoms with E-state index in [2.05, 4.69) is 4.98 Å². The van der Waals surface area contributed by atoms with Crippen LogP contribution in [0.4, 0.5) is 4.39 Å². The van der Waals surface area contributed by atoms with Crippen molar-refractivity contribution in [2.24, 2.45) is 17.6 Å². The highest BCUT2D eigenvalue weighted by molar-refractivity contribution is 5.22. The topological polar surface area (TPSA) is 38.9 Å². The molecule has 2 aliphatic carbocycles. The lowest BCUT2D eigenvalue weighted by molar-refractivity contribution is 0.206. The summed E-state index contributed by atoms with van der Waals surface area (Å²) in [5.41, 5.74) is 7.03. The fourth-order valence-corrected chi connectivity index (χ4v) is 3.27. The van der Waals surface area contributed by atoms with Crippen molar-refractivity contribution in [1.82, 2.24) is 4.98 Å². The van der Waals surface area contributed by atoms with Crippen LogP contribution < -0.4 is 5.73 Å². The predicted molar refractivity (Wildman–Crippen MR) is 64.7 cm³/mol. The van der Waals surface area contributed by atoms with Crippen LogP contribution in [0.5, 0.6) is 0 Å². The minimum Gasteiger partial charge on any atom is -0.321 e. The zero-order valence-corrected chi connectivity index (χ0v) is 10.0. The van der Waals surface area contributed by atoms with Crippen LogP contribution in [0.1, 0.15) is 44.1 Å². The smallest absolute Gasteiger partial charge is 0.141 e. The molecule has 2 aliphatic rings. The average Bonchev–Trinajstić information content (AvgIpc) is 3.13. The van der Waals surface area contributed by atoms with Gasteiger partial charge in [0.2, 0.25) is 0 Å². The molecule has 2 N–H and O–H groups in total. The molecule has 2 nitrogen and oxygen atoms in total. The first-order chi connectivity index (χ1) is 8.17. The number of pyridine rings is 1. The second-order valence-corrected chi connectivity index (χ2v) is 5.74. The highest BCUT2D eigenvalue weighted by Crippen LogP contribution is 2.48. The van der Waals surface area contributed by atoms with E-state index >= 15 is 0 Å². The van der Waals surface area contributed by atoms with E-state index in [1.165, 1.54) is 25.5 Å². The number of nitrogens with zero attached hydrogens (tertiary/aromatic N) is 1. The molecule has 1 heterocycles. The van der Waals surface area contributed by atoms with E-state index in [1.54, 1.807) is 12.3 Å². The lowest BCUT2D eigenvalue weighted by atomic mass is 9.71. The Morgan fingerprint density at radius 3 is 2.76 bits per heavy atom. The van der Waals surface area contributed by atoms with Crippen molar-refractivity contribution < 1.29 is 4.39 Å². The normalized spacial score (nSPS) is 33.6. The molecule has 2 unspecified atom stereocenters. The van der Waals surface area contributed by atoms with Crippen LogP contribution in [-0.4, -0.2) is 4.98 Å². The molecule has 3 heteroatoms. The second kappa shape index (κ2) is 4.05. The quantitative estimate of drug-likeness (QED) is 0.854. The maximum absolute atomic E-state index is 13.2. The largest absolute Gasteiger partial charge is 0.321 e. The Balaban J connectivity index is 1.83. The monoisotopic (exact) mass is 234 g/mol. The molecule has 0 aliphatic heterocycles. The Morgan fingerprint density at radius 1 is 1.24 bits per heavy atom. The van der Waals surface area contributed by atoms with Crippen molar-refractivity contribution in [3.05, 3.63) is 29.8 Å². The van der Waals surface area contributed by atoms with Crippen molar-refractivity contribution in [2.45, 2.75) is 44.1 Å². The Morgan fingerprint density at radius 2 is 2.06 bits per heavy atom. The van der Waals surface area contributed by atoms with E-state index in [0.717, 1.165) is 36.7 Å². The van der Waals surface area contributed by atoms with E-state index in [-0.39, 0.29) is 11.4 Å². The Bertz CT molecular complexity index is 416. The molecule has 3 rings (SSSR count). The van der Waals surface area contributed by atoms with Crippen molar-refractivity contribution in [2.75, 3.05) is 0 Å². The summed E-state index contributed by atoms with van der Waals surface area (Å²) in [5, 5.41) is 0. The van der Waals surface area contributed by atoms with Gasteiger partial charge in [-0.25, -0.2) is 4.39 Å². The fourth-order valence-electron chi connectivity index (χ4n) is 3.27. The van der Waals surface area contributed by atoms with Crippen LogP contribution in [0.15, 0.2) is 18.5 Å². The maximum atomic E-state index is 13.2. The standard InChI is InChI=1S/C14H19FN2/c15-13-6-12(8-17-9-13)14(16)5-1-2-11(7-14)10-3-4-10/h6,8-11H,1-5,7,16H2. The second-order valence-electron chi connectivity index (χ2n) is 5.74. The molecule has 0 spiro atoms. The molecule has 2 saturated carbocycles. The zero-order chi connectivity index (χ0) is 11.9. The maximum Gasteiger partial charge on any atom is 0.141 e. The molecule has 92 valence electrons. The number of aromatic nitrogens is 1. The molecular formula is C14H19FN2. The lowest BCUT2D eigenvalue weighted by Gasteiger charge is -2.38. The number of hydrogen-bond acceptors (Lipinski definition) is 2. The number of nitrogens with two attached hydrogens (primary N) is 1. The van der Waals surface area contributed by atoms with Gasteiger partial charge in [0, 0.05) is 11.7 Å². The predicted octanol–water partition coefficient (Wildman–Crippen LogP) is 2.97. The first-order valence-electron chi connectivity index (χ1n) is 6.57. The molecule has 0 aromatic carbocycles. The molecule has 0 radical (unpaired) electrons. The van der Waals surface area contributed by atoms with Crippen LogP contribution >= 0.6 is 0 Å². The van der Waals surface area contributed by atoms with Crippen LogP contribution in [0.3, 0.4) is 0 Å². The van der Waals surface area contributed by atoms with Crippen molar-refractivity contribution in [1.29, 1.82) is 0 Å². The van der Waals surface area contributed by atoms with Gasteiger partial charge >= 0.3 is 0 Å². The van der Waals surface area contributed by atoms with E-state index in [1.807, 2.05) is 0 Å². The fraction of sp³-hybridized carbons (Fsp3) is 0.643. The molecule has 2 fully saturated rings. The summed E-state index contributed by atoms with van der Waals surface area (Å²) >= 11 is 0. The van der Waals surface area contributed by atoms with Gasteiger partial charge in [0.05, 0.1) is 6.20 Å². The first kappa shape index (κ1) is 11.1. The third-order valence-corrected chi connectivity index (χ3v) is 4.39. The number of halogens is 1. The molecule has 17 heavy (non-hydrogen) atoms. The van der Waals surface area contributed by atoms with E-state index < -0.39 is 0 Å². The van der Waals surface area contributed by atoms with Gasteiger partial charge in [-0.15, -0.1) is 0 Å². The summed E-state index contributed by atoms with van der Waals surface area (Å²) in [6, 6.07) is 1.56. The molecule has 0 amide bonds. The van der Waals surface area contributed by atoms with Gasteiger partial charge in [-0.2, -0.15) is 0 Å². The summed E-state index contributed by atoms with van der Waals surface area (Å²) in [7, 11) is 0. The van der Waals surface area contributed by atoms with Gasteiger partial charge in [-0.05, 0) is 49.1 Å². The first-order valence-corrected chi connectivity index (χ1v) is 6.57. The molecule has 2 atom stereocenters. The van der Waals surface area contributed by atoms with Gasteiger partial charge in [-0.1, -0.05) is 12.8 Å². The number of hydrogen-bond donors (Lipinski definition) is 1. The van der Waals surface area contributed by atoms with Crippen LogP contribution in [-0.2, 0) is 5.54 Å². The van der Waals surface area contributed by atoms with Crippen molar-refractivity contribution in [3.8, 4) is 0 Å². The summed E-state index contributed by atoms with van der Waals surface area (Å²) in [6.45, 7) is 0. The van der Waals surface area contributed by atoms with Crippen molar-refractivity contribution >= 4 is 0 Å². The lowest BCUT2D eigenvalue weighted by Crippen LogP contribution is -2.42. The Kier molecular flexibility index (Phi) is 2.66. The third-order valence-electron chi connectivity index (χ3n) is 4.39. The summed E-state index contributed by atoms with van der Waals surface area (Å²) in [5.74, 6) is 1.36. The SMILES string of the molecule is NC1(c2cncc(F)c2)CCCC(C2CC2)C1. The Labute approximate surface area is 101 Å². The van der Waals surface area contributed by atoms with Gasteiger partial charge < -0.3 is 5.73 Å². The van der Waals surface area contributed by atoms with Crippen LogP contribution in [0.2, 0.25) is 0 Å². The minimum absolute atomic E-state index is 0.277. The molecule has 1 aromatic heterocycles. The summed E-state index contributed by atoms with van der Waals surface area (Å²) < 4.78 is 13.2. The minimum atomic E-state index is -0.347. The highest BCUT2D eigenvalue weighted by atomic mass is 19.1. The van der Waals surface area contributed by atoms with Crippen LogP contribution in [0, 0.1) is 17.7 Å². The molecular weight excluding hydrogens is 215 g/mol. The van der Waals surface area contributed by atoms with Crippen molar-refractivity contribution in [3.63, 3.8) is 0 Å². The average molecular weight is 234 g/mol. The Hall–Kier alpha value is -0.960. The van der Waals surface area contributed by atoms with E-state index in [9.17, 15) is 4.39 Å². The summed E-state index contributed by atoms with van der Waals surface area (Å²) in [6.07, 6.45) is 10.1. The molecule has 0 saturated heterocycles. The van der Waals surface area contributed by atoms with E-state index in [4.69, 9.17) is 5.73 Å². The third kappa shape index (κ3) is 2.21. The zero-order valence-electron chi connectivity index (χ0n) is 10.0. The molecule has 0 bridgehead atoms. The number of rotatable bonds is 2. The summed E-state index contributed by atoms with van der Waals surface area (Å²) in [4.78, 5) is 3.94. The highest BCUT2D eigenvalue weighted by Gasteiger charge is 2.41. The van der Waals surface area contributed by atoms with Gasteiger partial charge in [-0.3, -0.25) is 4.98 Å². The van der Waals surface area contributed by atoms with Crippen LogP contribution in [0.25, 0.3) is 0 Å². The van der Waals surface area contributed by atoms with E-state index in [0.29, 0.717) is 0 Å².